The van der Waals surface area contributed by atoms with Gasteiger partial charge in [-0.1, -0.05) is 0 Å². The number of nitrogens with zero attached hydrogens (tertiary/aromatic N) is 3. The highest BCUT2D eigenvalue weighted by Crippen LogP contribution is 1.99. The maximum Gasteiger partial charge on any atom is 0.194 e. The van der Waals surface area contributed by atoms with Gasteiger partial charge in [-0.15, -0.1) is 0 Å². The third-order valence-electron chi connectivity index (χ3n) is 1.34. The van der Waals surface area contributed by atoms with Gasteiger partial charge in [0.25, 0.3) is 0 Å². The maximum atomic E-state index is 11.0. The van der Waals surface area contributed by atoms with Crippen LogP contribution in [-0.4, -0.2) is 15.3 Å². The highest BCUT2D eigenvalue weighted by Gasteiger charge is 2.07. The summed E-state index contributed by atoms with van der Waals surface area (Å²) in [6.07, 6.45) is 2.91. The van der Waals surface area contributed by atoms with Gasteiger partial charge in [0.1, 0.15) is 12.1 Å². The van der Waals surface area contributed by atoms with Gasteiger partial charge in [0, 0.05) is 7.05 Å². The van der Waals surface area contributed by atoms with E-state index in [-0.39, 0.29) is 12.2 Å². The van der Waals surface area contributed by atoms with Gasteiger partial charge in [0.05, 0.1) is 18.6 Å². The van der Waals surface area contributed by atoms with Gasteiger partial charge >= 0.3 is 0 Å². The zero-order chi connectivity index (χ0) is 8.27. The molecule has 0 saturated carbocycles. The van der Waals surface area contributed by atoms with Gasteiger partial charge in [0.15, 0.2) is 5.78 Å². The largest absolute Gasteiger partial charge is 0.331 e. The molecule has 1 aromatic rings. The number of hydrogen-bond acceptors (Lipinski definition) is 3. The Morgan fingerprint density at radius 3 is 3.09 bits per heavy atom. The van der Waals surface area contributed by atoms with Gasteiger partial charge < -0.3 is 4.57 Å². The van der Waals surface area contributed by atoms with E-state index in [1.54, 1.807) is 17.7 Å². The number of ketones is 1. The Bertz CT molecular complexity index is 308. The van der Waals surface area contributed by atoms with Crippen molar-refractivity contribution in [1.29, 1.82) is 5.26 Å². The molecule has 0 aliphatic carbocycles. The molecule has 4 heteroatoms. The lowest BCUT2D eigenvalue weighted by molar-refractivity contribution is 0.0990. The van der Waals surface area contributed by atoms with Crippen LogP contribution in [0.4, 0.5) is 0 Å². The van der Waals surface area contributed by atoms with E-state index in [1.807, 2.05) is 0 Å². The van der Waals surface area contributed by atoms with Crippen molar-refractivity contribution in [2.75, 3.05) is 0 Å². The molecular weight excluding hydrogens is 142 g/mol. The number of rotatable bonds is 2. The average Bonchev–Trinajstić information content (AvgIpc) is 2.36. The Balaban J connectivity index is 2.86. The lowest BCUT2D eigenvalue weighted by Gasteiger charge is -1.94. The number of hydrogen-bond donors (Lipinski definition) is 0. The molecular formula is C7H7N3O. The maximum absolute atomic E-state index is 11.0. The van der Waals surface area contributed by atoms with Gasteiger partial charge in [-0.05, 0) is 0 Å². The highest BCUT2D eigenvalue weighted by molar-refractivity contribution is 5.95. The fourth-order valence-electron chi connectivity index (χ4n) is 0.788. The van der Waals surface area contributed by atoms with E-state index in [2.05, 4.69) is 4.98 Å². The summed E-state index contributed by atoms with van der Waals surface area (Å²) in [5, 5.41) is 8.23. The third kappa shape index (κ3) is 1.44. The zero-order valence-corrected chi connectivity index (χ0v) is 6.11. The second kappa shape index (κ2) is 2.97. The molecule has 0 aliphatic heterocycles. The number of aromatic nitrogens is 2. The van der Waals surface area contributed by atoms with E-state index in [4.69, 9.17) is 5.26 Å². The minimum atomic E-state index is -0.187. The van der Waals surface area contributed by atoms with Crippen LogP contribution in [0.5, 0.6) is 0 Å². The molecule has 0 aliphatic rings. The molecule has 1 rings (SSSR count). The first-order valence-electron chi connectivity index (χ1n) is 3.12. The molecule has 1 heterocycles. The summed E-state index contributed by atoms with van der Waals surface area (Å²) in [5.41, 5.74) is 0.478. The number of nitriles is 1. The standard InChI is InChI=1S/C7H7N3O/c1-10-5-9-4-6(10)7(11)2-3-8/h4-5H,2H2,1H3. The molecule has 4 nitrogen and oxygen atoms in total. The predicted molar refractivity (Wildman–Crippen MR) is 37.8 cm³/mol. The van der Waals surface area contributed by atoms with Crippen LogP contribution in [0.2, 0.25) is 0 Å². The number of aryl methyl sites for hydroxylation is 1. The average molecular weight is 149 g/mol. The lowest BCUT2D eigenvalue weighted by atomic mass is 10.2. The smallest absolute Gasteiger partial charge is 0.194 e. The molecule has 0 bridgehead atoms. The minimum Gasteiger partial charge on any atom is -0.331 e. The van der Waals surface area contributed by atoms with Crippen LogP contribution >= 0.6 is 0 Å². The number of carbonyl (C=O) groups excluding carboxylic acids is 1. The molecule has 0 atom stereocenters. The Labute approximate surface area is 64.1 Å². The first-order chi connectivity index (χ1) is 5.25. The monoisotopic (exact) mass is 149 g/mol. The van der Waals surface area contributed by atoms with Gasteiger partial charge in [-0.3, -0.25) is 4.79 Å². The van der Waals surface area contributed by atoms with Crippen LogP contribution in [0, 0.1) is 11.3 Å². The van der Waals surface area contributed by atoms with Crippen LogP contribution in [0.3, 0.4) is 0 Å². The van der Waals surface area contributed by atoms with E-state index in [0.29, 0.717) is 5.69 Å². The second-order valence-electron chi connectivity index (χ2n) is 2.15. The molecule has 0 unspecified atom stereocenters. The SMILES string of the molecule is Cn1cncc1C(=O)CC#N. The quantitative estimate of drug-likeness (QED) is 0.576. The number of carbonyl (C=O) groups is 1. The fourth-order valence-corrected chi connectivity index (χ4v) is 0.788. The summed E-state index contributed by atoms with van der Waals surface area (Å²) in [6.45, 7) is 0. The first-order valence-corrected chi connectivity index (χ1v) is 3.12. The van der Waals surface area contributed by atoms with Crippen molar-refractivity contribution in [3.05, 3.63) is 18.2 Å². The van der Waals surface area contributed by atoms with Crippen LogP contribution in [0.25, 0.3) is 0 Å². The number of Topliss-reactive ketones (excluding diaryl/α,β-unsaturated/α-hetero) is 1. The van der Waals surface area contributed by atoms with Crippen LogP contribution in [0.15, 0.2) is 12.5 Å². The predicted octanol–water partition coefficient (Wildman–Crippen LogP) is 0.516. The molecule has 0 amide bonds. The summed E-state index contributed by atoms with van der Waals surface area (Å²) < 4.78 is 1.60. The van der Waals surface area contributed by atoms with Crippen molar-refractivity contribution in [2.24, 2.45) is 7.05 Å². The topological polar surface area (TPSA) is 58.7 Å². The van der Waals surface area contributed by atoms with Crippen LogP contribution in [-0.2, 0) is 7.05 Å². The summed E-state index contributed by atoms with van der Waals surface area (Å²) in [4.78, 5) is 14.8. The van der Waals surface area contributed by atoms with E-state index in [0.717, 1.165) is 0 Å². The van der Waals surface area contributed by atoms with Crippen molar-refractivity contribution >= 4 is 5.78 Å². The molecule has 0 fully saturated rings. The van der Waals surface area contributed by atoms with E-state index in [1.165, 1.54) is 12.5 Å². The van der Waals surface area contributed by atoms with Crippen molar-refractivity contribution in [3.63, 3.8) is 0 Å². The van der Waals surface area contributed by atoms with Crippen molar-refractivity contribution in [1.82, 2.24) is 9.55 Å². The molecule has 0 saturated heterocycles. The van der Waals surface area contributed by atoms with Gasteiger partial charge in [-0.2, -0.15) is 5.26 Å². The van der Waals surface area contributed by atoms with Gasteiger partial charge in [-0.25, -0.2) is 4.98 Å². The fraction of sp³-hybridized carbons (Fsp3) is 0.286. The Morgan fingerprint density at radius 2 is 2.64 bits per heavy atom. The normalized spacial score (nSPS) is 9.09. The molecule has 0 aromatic carbocycles. The Morgan fingerprint density at radius 1 is 1.91 bits per heavy atom. The van der Waals surface area contributed by atoms with Crippen molar-refractivity contribution < 1.29 is 4.79 Å². The lowest BCUT2D eigenvalue weighted by Crippen LogP contribution is -2.03. The summed E-state index contributed by atoms with van der Waals surface area (Å²) in [7, 11) is 1.72. The van der Waals surface area contributed by atoms with Crippen LogP contribution < -0.4 is 0 Å². The Hall–Kier alpha value is -1.63. The first kappa shape index (κ1) is 7.48. The molecule has 11 heavy (non-hydrogen) atoms. The second-order valence-corrected chi connectivity index (χ2v) is 2.15. The molecule has 0 spiro atoms. The molecule has 0 radical (unpaired) electrons. The van der Waals surface area contributed by atoms with E-state index >= 15 is 0 Å². The van der Waals surface area contributed by atoms with Crippen LogP contribution in [0.1, 0.15) is 16.9 Å². The van der Waals surface area contributed by atoms with Crippen molar-refractivity contribution in [3.8, 4) is 6.07 Å². The Kier molecular flexibility index (Phi) is 2.02. The third-order valence-corrected chi connectivity index (χ3v) is 1.34. The summed E-state index contributed by atoms with van der Waals surface area (Å²) >= 11 is 0. The van der Waals surface area contributed by atoms with Crippen molar-refractivity contribution in [2.45, 2.75) is 6.42 Å². The highest BCUT2D eigenvalue weighted by atomic mass is 16.1. The van der Waals surface area contributed by atoms with Gasteiger partial charge in [0.2, 0.25) is 0 Å². The molecule has 1 aromatic heterocycles. The summed E-state index contributed by atoms with van der Waals surface area (Å²) in [5.74, 6) is -0.187. The molecule has 0 N–H and O–H groups in total. The van der Waals surface area contributed by atoms with E-state index < -0.39 is 0 Å². The minimum absolute atomic E-state index is 0.0838. The molecule has 56 valence electrons. The zero-order valence-electron chi connectivity index (χ0n) is 6.11. The van der Waals surface area contributed by atoms with E-state index in [9.17, 15) is 4.79 Å². The summed E-state index contributed by atoms with van der Waals surface area (Å²) in [6, 6.07) is 1.79. The number of imidazole rings is 1.